The van der Waals surface area contributed by atoms with E-state index in [1.54, 1.807) is 0 Å². The summed E-state index contributed by atoms with van der Waals surface area (Å²) in [5.41, 5.74) is 5.71. The maximum atomic E-state index is 14.0. The minimum Gasteiger partial charge on any atom is -0.503 e. The molecule has 1 saturated heterocycles. The second-order valence-electron chi connectivity index (χ2n) is 8.82. The molecule has 3 atom stereocenters. The van der Waals surface area contributed by atoms with E-state index in [0.29, 0.717) is 0 Å². The highest BCUT2D eigenvalue weighted by Crippen LogP contribution is 2.39. The molecule has 37 heavy (non-hydrogen) atoms. The highest BCUT2D eigenvalue weighted by atomic mass is 19.1. The molecule has 0 saturated carbocycles. The van der Waals surface area contributed by atoms with Gasteiger partial charge < -0.3 is 29.8 Å². The van der Waals surface area contributed by atoms with Crippen molar-refractivity contribution in [2.45, 2.75) is 31.5 Å². The smallest absolute Gasteiger partial charge is 0.277 e. The van der Waals surface area contributed by atoms with Gasteiger partial charge in [-0.25, -0.2) is 8.78 Å². The molecule has 0 radical (unpaired) electrons. The van der Waals surface area contributed by atoms with Crippen LogP contribution >= 0.6 is 0 Å². The first-order valence-electron chi connectivity index (χ1n) is 11.5. The lowest BCUT2D eigenvalue weighted by molar-refractivity contribution is -0.0154. The first-order chi connectivity index (χ1) is 17.8. The van der Waals surface area contributed by atoms with Crippen LogP contribution in [0.2, 0.25) is 0 Å². The molecule has 0 aliphatic carbocycles. The third-order valence-electron chi connectivity index (χ3n) is 6.54. The Morgan fingerprint density at radius 3 is 2.68 bits per heavy atom. The van der Waals surface area contributed by atoms with E-state index >= 15 is 0 Å². The summed E-state index contributed by atoms with van der Waals surface area (Å²) in [7, 11) is 1.52. The van der Waals surface area contributed by atoms with Gasteiger partial charge >= 0.3 is 0 Å². The highest BCUT2D eigenvalue weighted by molar-refractivity contribution is 6.00. The molecule has 1 fully saturated rings. The molecule has 0 bridgehead atoms. The summed E-state index contributed by atoms with van der Waals surface area (Å²) in [5.74, 6) is -3.15. The maximum absolute atomic E-state index is 14.0. The number of pyridine rings is 1. The summed E-state index contributed by atoms with van der Waals surface area (Å²) in [4.78, 5) is 32.0. The summed E-state index contributed by atoms with van der Waals surface area (Å²) in [5, 5.41) is 10.8. The number of amidine groups is 1. The van der Waals surface area contributed by atoms with E-state index in [2.05, 4.69) is 4.99 Å². The number of ether oxygens (including phenoxy) is 2. The van der Waals surface area contributed by atoms with Crippen LogP contribution in [-0.4, -0.2) is 52.3 Å². The molecular weight excluding hydrogens is 486 g/mol. The number of nitrogens with two attached hydrogens (primary N) is 1. The normalized spacial score (nSPS) is 21.2. The van der Waals surface area contributed by atoms with E-state index in [9.17, 15) is 23.5 Å². The maximum Gasteiger partial charge on any atom is 0.277 e. The monoisotopic (exact) mass is 510 g/mol. The molecule has 9 nitrogen and oxygen atoms in total. The number of methoxy groups -OCH3 is 1. The van der Waals surface area contributed by atoms with Crippen molar-refractivity contribution in [2.24, 2.45) is 10.7 Å². The van der Waals surface area contributed by atoms with E-state index in [-0.39, 0.29) is 42.4 Å². The number of amides is 1. The van der Waals surface area contributed by atoms with Crippen molar-refractivity contribution in [3.63, 3.8) is 0 Å². The van der Waals surface area contributed by atoms with Crippen molar-refractivity contribution in [1.82, 2.24) is 9.47 Å². The highest BCUT2D eigenvalue weighted by Gasteiger charge is 2.49. The Kier molecular flexibility index (Phi) is 6.48. The summed E-state index contributed by atoms with van der Waals surface area (Å²) in [6.07, 6.45) is 0.166. The number of nitrogens with zero attached hydrogens (tertiary/aromatic N) is 3. The van der Waals surface area contributed by atoms with Gasteiger partial charge in [-0.15, -0.1) is 0 Å². The summed E-state index contributed by atoms with van der Waals surface area (Å²) in [6, 6.07) is 11.9. The van der Waals surface area contributed by atoms with Crippen LogP contribution in [0.5, 0.6) is 5.75 Å². The number of carbonyl (C=O) groups is 1. The van der Waals surface area contributed by atoms with Crippen molar-refractivity contribution >= 4 is 11.7 Å². The van der Waals surface area contributed by atoms with Crippen LogP contribution in [0, 0.1) is 11.6 Å². The van der Waals surface area contributed by atoms with Gasteiger partial charge in [-0.2, -0.15) is 0 Å². The van der Waals surface area contributed by atoms with Crippen molar-refractivity contribution in [1.29, 1.82) is 0 Å². The van der Waals surface area contributed by atoms with Gasteiger partial charge in [-0.3, -0.25) is 14.6 Å². The number of fused-ring (bicyclic) bond motifs is 2. The third-order valence-corrected chi connectivity index (χ3v) is 6.54. The molecular formula is C26H24F2N4O5. The summed E-state index contributed by atoms with van der Waals surface area (Å²) >= 11 is 0. The third kappa shape index (κ3) is 4.36. The fourth-order valence-electron chi connectivity index (χ4n) is 4.78. The van der Waals surface area contributed by atoms with Crippen molar-refractivity contribution in [3.05, 3.63) is 99.0 Å². The fourth-order valence-corrected chi connectivity index (χ4v) is 4.78. The number of benzene rings is 2. The minimum atomic E-state index is -0.887. The molecule has 2 aliphatic heterocycles. The molecule has 2 aromatic carbocycles. The molecule has 0 spiro atoms. The SMILES string of the molecule is COCC1C(c2ccccc2)OC2Cn3cc(C(N)=NCc4ccc(F)cc4F)c(=O)c(O)c3C(=O)N21. The second kappa shape index (κ2) is 9.75. The van der Waals surface area contributed by atoms with Crippen LogP contribution < -0.4 is 11.2 Å². The van der Waals surface area contributed by atoms with Gasteiger partial charge in [0.25, 0.3) is 5.91 Å². The van der Waals surface area contributed by atoms with E-state index in [4.69, 9.17) is 15.2 Å². The topological polar surface area (TPSA) is 119 Å². The second-order valence-corrected chi connectivity index (χ2v) is 8.82. The first kappa shape index (κ1) is 24.6. The molecule has 1 aromatic heterocycles. The molecule has 3 heterocycles. The standard InChI is InChI=1S/C26H24F2N4O5/c1-36-13-19-24(14-5-3-2-4-6-14)37-20-12-31-11-17(22(33)23(34)21(31)26(35)32(19)20)25(29)30-10-15-7-8-16(27)9-18(15)28/h2-9,11,19-20,24,34H,10,12-13H2,1H3,(H2,29,30). The lowest BCUT2D eigenvalue weighted by Gasteiger charge is -2.34. The van der Waals surface area contributed by atoms with E-state index < -0.39 is 47.1 Å². The Morgan fingerprint density at radius 2 is 1.97 bits per heavy atom. The van der Waals surface area contributed by atoms with E-state index in [1.807, 2.05) is 30.3 Å². The van der Waals surface area contributed by atoms with Gasteiger partial charge in [-0.1, -0.05) is 36.4 Å². The molecule has 192 valence electrons. The Morgan fingerprint density at radius 1 is 1.22 bits per heavy atom. The summed E-state index contributed by atoms with van der Waals surface area (Å²) < 4.78 is 40.1. The zero-order valence-corrected chi connectivity index (χ0v) is 19.8. The largest absolute Gasteiger partial charge is 0.503 e. The number of aromatic hydroxyl groups is 1. The zero-order valence-electron chi connectivity index (χ0n) is 19.8. The molecule has 3 unspecified atom stereocenters. The van der Waals surface area contributed by atoms with Crippen molar-refractivity contribution in [2.75, 3.05) is 13.7 Å². The number of hydrogen-bond acceptors (Lipinski definition) is 6. The van der Waals surface area contributed by atoms with Crippen LogP contribution in [0.25, 0.3) is 0 Å². The Balaban J connectivity index is 1.49. The molecule has 1 amide bonds. The van der Waals surface area contributed by atoms with E-state index in [1.165, 1.54) is 28.8 Å². The molecule has 5 rings (SSSR count). The van der Waals surface area contributed by atoms with E-state index in [0.717, 1.165) is 17.7 Å². The Bertz CT molecular complexity index is 1440. The average molecular weight is 510 g/mol. The number of aromatic nitrogens is 1. The number of carbonyl (C=O) groups excluding carboxylic acids is 1. The molecule has 3 N–H and O–H groups in total. The molecule has 3 aromatic rings. The molecule has 11 heteroatoms. The minimum absolute atomic E-state index is 0.0768. The van der Waals surface area contributed by atoms with Gasteiger partial charge in [0.1, 0.15) is 23.6 Å². The van der Waals surface area contributed by atoms with Crippen LogP contribution in [0.15, 0.2) is 64.5 Å². The average Bonchev–Trinajstić information content (AvgIpc) is 3.24. The van der Waals surface area contributed by atoms with Gasteiger partial charge in [-0.05, 0) is 11.6 Å². The van der Waals surface area contributed by atoms with Crippen molar-refractivity contribution < 1.29 is 28.2 Å². The predicted octanol–water partition coefficient (Wildman–Crippen LogP) is 2.31. The fraction of sp³-hybridized carbons (Fsp3) is 0.269. The number of rotatable bonds is 6. The van der Waals surface area contributed by atoms with Gasteiger partial charge in [0.2, 0.25) is 5.43 Å². The van der Waals surface area contributed by atoms with Gasteiger partial charge in [0.15, 0.2) is 17.7 Å². The Hall–Kier alpha value is -4.09. The quantitative estimate of drug-likeness (QED) is 0.388. The lowest BCUT2D eigenvalue weighted by Crippen LogP contribution is -2.51. The van der Waals surface area contributed by atoms with Gasteiger partial charge in [0.05, 0.1) is 31.3 Å². The van der Waals surface area contributed by atoms with Crippen molar-refractivity contribution in [3.8, 4) is 5.75 Å². The van der Waals surface area contributed by atoms with Crippen LogP contribution in [0.3, 0.4) is 0 Å². The molecule has 2 aliphatic rings. The summed E-state index contributed by atoms with van der Waals surface area (Å²) in [6.45, 7) is 0.0472. The van der Waals surface area contributed by atoms with Crippen LogP contribution in [-0.2, 0) is 22.6 Å². The lowest BCUT2D eigenvalue weighted by atomic mass is 10.0. The zero-order chi connectivity index (χ0) is 26.3. The number of hydrogen-bond donors (Lipinski definition) is 2. The van der Waals surface area contributed by atoms with Gasteiger partial charge in [0, 0.05) is 24.9 Å². The number of halogens is 2. The number of aliphatic imine (C=N–C) groups is 1. The van der Waals surface area contributed by atoms with Crippen LogP contribution in [0.1, 0.15) is 33.3 Å². The Labute approximate surface area is 210 Å². The first-order valence-corrected chi connectivity index (χ1v) is 11.5. The predicted molar refractivity (Wildman–Crippen MR) is 129 cm³/mol. The van der Waals surface area contributed by atoms with Crippen LogP contribution in [0.4, 0.5) is 8.78 Å².